The zero-order valence-corrected chi connectivity index (χ0v) is 20.4. The maximum absolute atomic E-state index is 12.9. The van der Waals surface area contributed by atoms with Crippen molar-refractivity contribution < 1.29 is 4.79 Å². The van der Waals surface area contributed by atoms with Crippen molar-refractivity contribution in [2.24, 2.45) is 22.7 Å². The molecule has 1 aromatic rings. The van der Waals surface area contributed by atoms with Crippen molar-refractivity contribution in [1.82, 2.24) is 20.1 Å². The molecule has 0 unspecified atom stereocenters. The standard InChI is InChI=1S/C27H40N4O/c1-5-24(20-6-7-20)29-13-19-10-27(11-19)17-31(18-27)25(32)30-15-22(16-30)21-8-9-23(28-14-21)12-26(2,3)4/h5,8-9,14,19-20,22,29H,6-7,10-13,15-18H2,1-4H3/b24-5-. The Labute approximate surface area is 193 Å². The van der Waals surface area contributed by atoms with Crippen molar-refractivity contribution in [2.45, 2.75) is 65.7 Å². The Bertz CT molecular complexity index is 860. The Morgan fingerprint density at radius 1 is 1.19 bits per heavy atom. The van der Waals surface area contributed by atoms with Gasteiger partial charge >= 0.3 is 6.03 Å². The summed E-state index contributed by atoms with van der Waals surface area (Å²) < 4.78 is 0. The molecule has 0 bridgehead atoms. The van der Waals surface area contributed by atoms with E-state index in [1.807, 2.05) is 11.1 Å². The molecule has 174 valence electrons. The van der Waals surface area contributed by atoms with Gasteiger partial charge in [-0.25, -0.2) is 4.79 Å². The summed E-state index contributed by atoms with van der Waals surface area (Å²) in [4.78, 5) is 21.6. The third-order valence-electron chi connectivity index (χ3n) is 7.87. The van der Waals surface area contributed by atoms with Gasteiger partial charge in [0.1, 0.15) is 0 Å². The number of carbonyl (C=O) groups is 1. The van der Waals surface area contributed by atoms with Crippen molar-refractivity contribution in [1.29, 1.82) is 0 Å². The fourth-order valence-corrected chi connectivity index (χ4v) is 5.98. The van der Waals surface area contributed by atoms with E-state index >= 15 is 0 Å². The number of allylic oxidation sites excluding steroid dienone is 2. The van der Waals surface area contributed by atoms with E-state index in [2.05, 4.69) is 61.1 Å². The van der Waals surface area contributed by atoms with E-state index in [-0.39, 0.29) is 11.4 Å². The van der Waals surface area contributed by atoms with Gasteiger partial charge in [-0.15, -0.1) is 0 Å². The number of pyridine rings is 1. The molecule has 5 rings (SSSR count). The van der Waals surface area contributed by atoms with E-state index in [9.17, 15) is 4.79 Å². The van der Waals surface area contributed by atoms with Crippen LogP contribution in [0, 0.1) is 22.7 Å². The number of hydrogen-bond acceptors (Lipinski definition) is 3. The fraction of sp³-hybridized carbons (Fsp3) is 0.704. The first kappa shape index (κ1) is 21.8. The summed E-state index contributed by atoms with van der Waals surface area (Å²) in [6.07, 6.45) is 10.5. The molecule has 5 nitrogen and oxygen atoms in total. The lowest BCUT2D eigenvalue weighted by Crippen LogP contribution is -2.68. The summed E-state index contributed by atoms with van der Waals surface area (Å²) >= 11 is 0. The molecule has 1 aromatic heterocycles. The molecule has 2 aliphatic heterocycles. The van der Waals surface area contributed by atoms with E-state index < -0.39 is 0 Å². The van der Waals surface area contributed by atoms with Crippen molar-refractivity contribution in [3.05, 3.63) is 41.4 Å². The van der Waals surface area contributed by atoms with Gasteiger partial charge in [-0.1, -0.05) is 32.9 Å². The van der Waals surface area contributed by atoms with Crippen LogP contribution in [0.1, 0.15) is 70.6 Å². The van der Waals surface area contributed by atoms with E-state index in [0.717, 1.165) is 56.7 Å². The summed E-state index contributed by atoms with van der Waals surface area (Å²) in [6.45, 7) is 13.6. The third kappa shape index (κ3) is 4.53. The molecule has 2 aliphatic carbocycles. The first-order chi connectivity index (χ1) is 15.2. The molecule has 32 heavy (non-hydrogen) atoms. The Balaban J connectivity index is 1.01. The third-order valence-corrected chi connectivity index (χ3v) is 7.87. The van der Waals surface area contributed by atoms with Gasteiger partial charge in [-0.05, 0) is 67.9 Å². The Morgan fingerprint density at radius 2 is 1.91 bits per heavy atom. The van der Waals surface area contributed by atoms with Gasteiger partial charge in [0, 0.05) is 61.6 Å². The average molecular weight is 437 g/mol. The normalized spacial score (nSPS) is 23.6. The van der Waals surface area contributed by atoms with E-state index in [4.69, 9.17) is 0 Å². The molecule has 5 heteroatoms. The van der Waals surface area contributed by atoms with Gasteiger partial charge in [0.25, 0.3) is 0 Å². The maximum Gasteiger partial charge on any atom is 0.320 e. The van der Waals surface area contributed by atoms with E-state index in [0.29, 0.717) is 11.3 Å². The van der Waals surface area contributed by atoms with Crippen LogP contribution < -0.4 is 5.32 Å². The molecular weight excluding hydrogens is 396 g/mol. The van der Waals surface area contributed by atoms with Gasteiger partial charge in [0.2, 0.25) is 0 Å². The second-order valence-electron chi connectivity index (χ2n) is 12.2. The molecule has 4 aliphatic rings. The monoisotopic (exact) mass is 436 g/mol. The van der Waals surface area contributed by atoms with Gasteiger partial charge in [0.15, 0.2) is 0 Å². The van der Waals surface area contributed by atoms with Gasteiger partial charge in [0.05, 0.1) is 0 Å². The summed E-state index contributed by atoms with van der Waals surface area (Å²) in [6, 6.07) is 4.62. The number of carbonyl (C=O) groups excluding carboxylic acids is 1. The molecule has 2 saturated heterocycles. The molecule has 0 atom stereocenters. The molecule has 1 N–H and O–H groups in total. The fourth-order valence-electron chi connectivity index (χ4n) is 5.98. The highest BCUT2D eigenvalue weighted by Gasteiger charge is 2.54. The highest BCUT2D eigenvalue weighted by molar-refractivity contribution is 5.77. The minimum Gasteiger partial charge on any atom is -0.388 e. The van der Waals surface area contributed by atoms with Crippen LogP contribution in [0.3, 0.4) is 0 Å². The first-order valence-electron chi connectivity index (χ1n) is 12.6. The number of urea groups is 1. The van der Waals surface area contributed by atoms with Crippen LogP contribution in [0.25, 0.3) is 0 Å². The summed E-state index contributed by atoms with van der Waals surface area (Å²) in [5.41, 5.74) is 4.57. The SMILES string of the molecule is C/C=C(\NCC1CC2(C1)CN(C(=O)N1CC(c3ccc(CC(C)(C)C)nc3)C1)C2)C1CC1. The number of rotatable bonds is 6. The minimum atomic E-state index is 0.246. The molecule has 4 fully saturated rings. The number of hydrogen-bond donors (Lipinski definition) is 1. The van der Waals surface area contributed by atoms with Crippen molar-refractivity contribution in [3.8, 4) is 0 Å². The van der Waals surface area contributed by atoms with Crippen molar-refractivity contribution >= 4 is 6.03 Å². The van der Waals surface area contributed by atoms with Crippen LogP contribution in [0.5, 0.6) is 0 Å². The van der Waals surface area contributed by atoms with E-state index in [1.54, 1.807) is 0 Å². The van der Waals surface area contributed by atoms with Crippen LogP contribution in [0.2, 0.25) is 0 Å². The number of likely N-dealkylation sites (tertiary alicyclic amines) is 2. The molecule has 2 amide bonds. The average Bonchev–Trinajstić information content (AvgIpc) is 3.46. The zero-order valence-electron chi connectivity index (χ0n) is 20.4. The summed E-state index contributed by atoms with van der Waals surface area (Å²) in [5, 5.41) is 3.69. The van der Waals surface area contributed by atoms with Crippen LogP contribution in [-0.4, -0.2) is 53.5 Å². The zero-order chi connectivity index (χ0) is 22.5. The molecule has 2 saturated carbocycles. The molecule has 0 aromatic carbocycles. The quantitative estimate of drug-likeness (QED) is 0.696. The lowest BCUT2D eigenvalue weighted by molar-refractivity contribution is -0.0782. The van der Waals surface area contributed by atoms with Gasteiger partial charge in [-0.2, -0.15) is 0 Å². The summed E-state index contributed by atoms with van der Waals surface area (Å²) in [5.74, 6) is 2.03. The molecule has 1 spiro atoms. The Kier molecular flexibility index (Phi) is 5.50. The smallest absolute Gasteiger partial charge is 0.320 e. The number of nitrogens with one attached hydrogen (secondary N) is 1. The lowest BCUT2D eigenvalue weighted by Gasteiger charge is -2.60. The number of aromatic nitrogens is 1. The number of amides is 2. The summed E-state index contributed by atoms with van der Waals surface area (Å²) in [7, 11) is 0. The lowest BCUT2D eigenvalue weighted by atomic mass is 9.57. The van der Waals surface area contributed by atoms with Crippen LogP contribution in [-0.2, 0) is 6.42 Å². The van der Waals surface area contributed by atoms with Gasteiger partial charge < -0.3 is 15.1 Å². The highest BCUT2D eigenvalue weighted by Crippen LogP contribution is 2.52. The predicted octanol–water partition coefficient (Wildman–Crippen LogP) is 4.80. The Hall–Kier alpha value is -2.04. The van der Waals surface area contributed by atoms with Crippen LogP contribution >= 0.6 is 0 Å². The van der Waals surface area contributed by atoms with E-state index in [1.165, 1.54) is 36.9 Å². The number of nitrogens with zero attached hydrogens (tertiary/aromatic N) is 3. The van der Waals surface area contributed by atoms with Crippen LogP contribution in [0.4, 0.5) is 4.79 Å². The van der Waals surface area contributed by atoms with Crippen molar-refractivity contribution in [3.63, 3.8) is 0 Å². The van der Waals surface area contributed by atoms with Crippen molar-refractivity contribution in [2.75, 3.05) is 32.7 Å². The molecule has 3 heterocycles. The highest BCUT2D eigenvalue weighted by atomic mass is 16.2. The maximum atomic E-state index is 12.9. The Morgan fingerprint density at radius 3 is 2.47 bits per heavy atom. The minimum absolute atomic E-state index is 0.246. The van der Waals surface area contributed by atoms with Gasteiger partial charge in [-0.3, -0.25) is 4.98 Å². The first-order valence-corrected chi connectivity index (χ1v) is 12.6. The second kappa shape index (κ2) is 8.07. The largest absolute Gasteiger partial charge is 0.388 e. The topological polar surface area (TPSA) is 48.5 Å². The second-order valence-corrected chi connectivity index (χ2v) is 12.2. The molecule has 0 radical (unpaired) electrons. The van der Waals surface area contributed by atoms with Crippen LogP contribution in [0.15, 0.2) is 30.1 Å². The predicted molar refractivity (Wildman–Crippen MR) is 128 cm³/mol. The molecular formula is C27H40N4O.